The van der Waals surface area contributed by atoms with Crippen LogP contribution in [0.1, 0.15) is 46.6 Å². The Bertz CT molecular complexity index is 444. The second-order valence-corrected chi connectivity index (χ2v) is 7.17. The molecule has 0 aliphatic carbocycles. The molecule has 21 heavy (non-hydrogen) atoms. The van der Waals surface area contributed by atoms with Gasteiger partial charge in [-0.1, -0.05) is 32.9 Å². The average Bonchev–Trinajstić information content (AvgIpc) is 2.23. The lowest BCUT2D eigenvalue weighted by molar-refractivity contribution is -0.274. The summed E-state index contributed by atoms with van der Waals surface area (Å²) in [4.78, 5) is 0. The normalized spacial score (nSPS) is 13.3. The Morgan fingerprint density at radius 1 is 0.952 bits per heavy atom. The maximum Gasteiger partial charge on any atom is 0.573 e. The summed E-state index contributed by atoms with van der Waals surface area (Å²) in [5.41, 5.74) is 1.09. The van der Waals surface area contributed by atoms with E-state index < -0.39 is 6.36 Å². The van der Waals surface area contributed by atoms with Crippen molar-refractivity contribution in [2.45, 2.75) is 59.5 Å². The molecule has 0 spiro atoms. The first kappa shape index (κ1) is 17.8. The van der Waals surface area contributed by atoms with Crippen LogP contribution in [0.15, 0.2) is 24.3 Å². The molecule has 0 aromatic heterocycles. The minimum atomic E-state index is -4.64. The standard InChI is InChI=1S/C16H24F3NO/c1-14(2,3)11-15(4,5)20-10-12-6-8-13(9-7-12)21-16(17,18)19/h6-9,20H,10-11H2,1-5H3. The zero-order valence-corrected chi connectivity index (χ0v) is 13.3. The second-order valence-electron chi connectivity index (χ2n) is 7.17. The first-order valence-corrected chi connectivity index (χ1v) is 6.96. The van der Waals surface area contributed by atoms with Crippen molar-refractivity contribution in [3.05, 3.63) is 29.8 Å². The lowest BCUT2D eigenvalue weighted by atomic mass is 9.82. The van der Waals surface area contributed by atoms with Crippen molar-refractivity contribution in [1.29, 1.82) is 0 Å². The number of ether oxygens (including phenoxy) is 1. The van der Waals surface area contributed by atoms with Gasteiger partial charge < -0.3 is 10.1 Å². The van der Waals surface area contributed by atoms with Gasteiger partial charge in [0.15, 0.2) is 0 Å². The van der Waals surface area contributed by atoms with E-state index in [1.54, 1.807) is 12.1 Å². The van der Waals surface area contributed by atoms with Crippen LogP contribution in [0.4, 0.5) is 13.2 Å². The Labute approximate surface area is 124 Å². The van der Waals surface area contributed by atoms with Crippen LogP contribution in [0.3, 0.4) is 0 Å². The highest BCUT2D eigenvalue weighted by molar-refractivity contribution is 5.27. The summed E-state index contributed by atoms with van der Waals surface area (Å²) in [7, 11) is 0. The van der Waals surface area contributed by atoms with Crippen LogP contribution >= 0.6 is 0 Å². The summed E-state index contributed by atoms with van der Waals surface area (Å²) < 4.78 is 40.1. The summed E-state index contributed by atoms with van der Waals surface area (Å²) in [6.45, 7) is 11.4. The third-order valence-electron chi connectivity index (χ3n) is 2.90. The van der Waals surface area contributed by atoms with Gasteiger partial charge >= 0.3 is 6.36 Å². The van der Waals surface area contributed by atoms with Crippen molar-refractivity contribution in [3.63, 3.8) is 0 Å². The minimum Gasteiger partial charge on any atom is -0.406 e. The maximum atomic E-state index is 12.1. The largest absolute Gasteiger partial charge is 0.573 e. The molecule has 0 fully saturated rings. The van der Waals surface area contributed by atoms with Gasteiger partial charge in [-0.2, -0.15) is 0 Å². The molecule has 1 aromatic rings. The molecule has 1 N–H and O–H groups in total. The van der Waals surface area contributed by atoms with Gasteiger partial charge in [0.25, 0.3) is 0 Å². The molecule has 0 aliphatic rings. The van der Waals surface area contributed by atoms with Crippen LogP contribution in [-0.4, -0.2) is 11.9 Å². The molecule has 1 rings (SSSR count). The Hall–Kier alpha value is -1.23. The van der Waals surface area contributed by atoms with Crippen LogP contribution in [0.5, 0.6) is 5.75 Å². The molecular weight excluding hydrogens is 279 g/mol. The third kappa shape index (κ3) is 7.95. The van der Waals surface area contributed by atoms with Gasteiger partial charge in [-0.15, -0.1) is 13.2 Å². The lowest BCUT2D eigenvalue weighted by Crippen LogP contribution is -2.41. The van der Waals surface area contributed by atoms with Crippen LogP contribution < -0.4 is 10.1 Å². The van der Waals surface area contributed by atoms with Crippen LogP contribution in [-0.2, 0) is 6.54 Å². The molecule has 0 bridgehead atoms. The van der Waals surface area contributed by atoms with E-state index in [1.165, 1.54) is 12.1 Å². The molecule has 120 valence electrons. The molecule has 1 aromatic carbocycles. The smallest absolute Gasteiger partial charge is 0.406 e. The second kappa shape index (κ2) is 6.26. The molecule has 0 atom stereocenters. The number of nitrogens with one attached hydrogen (secondary N) is 1. The zero-order chi connectivity index (χ0) is 16.3. The van der Waals surface area contributed by atoms with Crippen molar-refractivity contribution in [2.75, 3.05) is 0 Å². The van der Waals surface area contributed by atoms with Crippen LogP contribution in [0.2, 0.25) is 0 Å². The highest BCUT2D eigenvalue weighted by atomic mass is 19.4. The van der Waals surface area contributed by atoms with Gasteiger partial charge in [0.1, 0.15) is 5.75 Å². The van der Waals surface area contributed by atoms with E-state index in [2.05, 4.69) is 44.7 Å². The van der Waals surface area contributed by atoms with E-state index in [-0.39, 0.29) is 16.7 Å². The highest BCUT2D eigenvalue weighted by Crippen LogP contribution is 2.27. The van der Waals surface area contributed by atoms with Crippen molar-refractivity contribution in [3.8, 4) is 5.75 Å². The first-order valence-electron chi connectivity index (χ1n) is 6.96. The van der Waals surface area contributed by atoms with E-state index in [0.717, 1.165) is 12.0 Å². The quantitative estimate of drug-likeness (QED) is 0.836. The number of rotatable bonds is 5. The number of hydrogen-bond acceptors (Lipinski definition) is 2. The van der Waals surface area contributed by atoms with Gasteiger partial charge in [0, 0.05) is 12.1 Å². The maximum absolute atomic E-state index is 12.1. The molecule has 0 unspecified atom stereocenters. The minimum absolute atomic E-state index is 0.0423. The molecule has 0 saturated carbocycles. The number of halogens is 3. The molecule has 5 heteroatoms. The Morgan fingerprint density at radius 2 is 1.48 bits per heavy atom. The fraction of sp³-hybridized carbons (Fsp3) is 0.625. The zero-order valence-electron chi connectivity index (χ0n) is 13.3. The monoisotopic (exact) mass is 303 g/mol. The molecule has 2 nitrogen and oxygen atoms in total. The van der Waals surface area contributed by atoms with Crippen molar-refractivity contribution < 1.29 is 17.9 Å². The molecule has 0 saturated heterocycles. The predicted molar refractivity (Wildman–Crippen MR) is 78.1 cm³/mol. The summed E-state index contributed by atoms with van der Waals surface area (Å²) in [6.07, 6.45) is -3.65. The predicted octanol–water partition coefficient (Wildman–Crippen LogP) is 4.89. The highest BCUT2D eigenvalue weighted by Gasteiger charge is 2.31. The van der Waals surface area contributed by atoms with Crippen molar-refractivity contribution >= 4 is 0 Å². The van der Waals surface area contributed by atoms with E-state index in [9.17, 15) is 13.2 Å². The van der Waals surface area contributed by atoms with E-state index in [4.69, 9.17) is 0 Å². The van der Waals surface area contributed by atoms with Crippen molar-refractivity contribution in [2.24, 2.45) is 5.41 Å². The number of alkyl halides is 3. The summed E-state index contributed by atoms with van der Waals surface area (Å²) in [6, 6.07) is 5.95. The number of hydrogen-bond donors (Lipinski definition) is 1. The van der Waals surface area contributed by atoms with Gasteiger partial charge in [0.2, 0.25) is 0 Å². The fourth-order valence-corrected chi connectivity index (χ4v) is 2.54. The lowest BCUT2D eigenvalue weighted by Gasteiger charge is -2.33. The van der Waals surface area contributed by atoms with Gasteiger partial charge in [-0.3, -0.25) is 0 Å². The van der Waals surface area contributed by atoms with Gasteiger partial charge in [-0.25, -0.2) is 0 Å². The molecular formula is C16H24F3NO. The molecule has 0 radical (unpaired) electrons. The summed E-state index contributed by atoms with van der Waals surface area (Å²) >= 11 is 0. The average molecular weight is 303 g/mol. The van der Waals surface area contributed by atoms with E-state index in [0.29, 0.717) is 6.54 Å². The Kier molecular flexibility index (Phi) is 5.31. The Morgan fingerprint density at radius 3 is 1.90 bits per heavy atom. The van der Waals surface area contributed by atoms with Crippen molar-refractivity contribution in [1.82, 2.24) is 5.32 Å². The summed E-state index contributed by atoms with van der Waals surface area (Å²) in [5, 5.41) is 3.44. The van der Waals surface area contributed by atoms with Gasteiger partial charge in [-0.05, 0) is 43.4 Å². The van der Waals surface area contributed by atoms with Crippen LogP contribution in [0, 0.1) is 5.41 Å². The van der Waals surface area contributed by atoms with E-state index in [1.807, 2.05) is 0 Å². The summed E-state index contributed by atoms with van der Waals surface area (Å²) in [5.74, 6) is -0.194. The Balaban J connectivity index is 2.57. The number of benzene rings is 1. The topological polar surface area (TPSA) is 21.3 Å². The molecule has 0 amide bonds. The SMILES string of the molecule is CC(C)(C)CC(C)(C)NCc1ccc(OC(F)(F)F)cc1. The fourth-order valence-electron chi connectivity index (χ4n) is 2.54. The van der Waals surface area contributed by atoms with E-state index >= 15 is 0 Å². The molecule has 0 heterocycles. The first-order chi connectivity index (χ1) is 9.36. The van der Waals surface area contributed by atoms with Crippen LogP contribution in [0.25, 0.3) is 0 Å². The van der Waals surface area contributed by atoms with Gasteiger partial charge in [0.05, 0.1) is 0 Å². The molecule has 0 aliphatic heterocycles. The third-order valence-corrected chi connectivity index (χ3v) is 2.90.